The Kier molecular flexibility index (Phi) is 5.47. The first kappa shape index (κ1) is 16.5. The van der Waals surface area contributed by atoms with Crippen LogP contribution in [0.1, 0.15) is 5.56 Å². The topological polar surface area (TPSA) is 0 Å². The first-order valence-corrected chi connectivity index (χ1v) is 11.2. The molecular formula is C13H16ClF3Si2. The Morgan fingerprint density at radius 2 is 1.42 bits per heavy atom. The van der Waals surface area contributed by atoms with Gasteiger partial charge in [-0.1, -0.05) is 55.1 Å². The number of hydrogen-bond acceptors (Lipinski definition) is 0. The third-order valence-electron chi connectivity index (χ3n) is 2.67. The molecule has 6 heteroatoms. The van der Waals surface area contributed by atoms with Crippen LogP contribution in [-0.4, -0.2) is 23.8 Å². The Labute approximate surface area is 120 Å². The highest BCUT2D eigenvalue weighted by Crippen LogP contribution is 2.35. The third kappa shape index (κ3) is 4.22. The molecule has 19 heavy (non-hydrogen) atoms. The van der Waals surface area contributed by atoms with Crippen molar-refractivity contribution in [2.45, 2.75) is 32.4 Å². The fourth-order valence-electron chi connectivity index (χ4n) is 1.97. The van der Waals surface area contributed by atoms with Crippen molar-refractivity contribution in [2.75, 3.05) is 0 Å². The number of allylic oxidation sites excluding steroid dienone is 1. The Hall–Kier alpha value is -0.526. The van der Waals surface area contributed by atoms with Crippen molar-refractivity contribution in [1.82, 2.24) is 0 Å². The Bertz CT molecular complexity index is 462. The standard InChI is InChI=1S/C13H16ClF3Si2/c1-18(2)11(9-5-7-10(14)8-6-9)12(19(3)4)13(15,16)17/h5-8H,1-4H3/b12-11-. The largest absolute Gasteiger partial charge is 0.408 e. The van der Waals surface area contributed by atoms with Crippen molar-refractivity contribution in [3.05, 3.63) is 40.0 Å². The van der Waals surface area contributed by atoms with E-state index in [1.54, 1.807) is 37.4 Å². The van der Waals surface area contributed by atoms with Crippen molar-refractivity contribution in [3.63, 3.8) is 0 Å². The number of hydrogen-bond donors (Lipinski definition) is 0. The average molecular weight is 321 g/mol. The zero-order chi connectivity index (χ0) is 14.8. The molecule has 0 unspecified atom stereocenters. The number of alkyl halides is 3. The van der Waals surface area contributed by atoms with Gasteiger partial charge in [-0.2, -0.15) is 13.2 Å². The summed E-state index contributed by atoms with van der Waals surface area (Å²) in [7, 11) is -2.81. The van der Waals surface area contributed by atoms with E-state index in [1.807, 2.05) is 13.1 Å². The highest BCUT2D eigenvalue weighted by Gasteiger charge is 2.39. The minimum absolute atomic E-state index is 0.307. The smallest absolute Gasteiger partial charge is 0.167 e. The van der Waals surface area contributed by atoms with E-state index >= 15 is 0 Å². The molecular weight excluding hydrogens is 305 g/mol. The van der Waals surface area contributed by atoms with E-state index in [1.165, 1.54) is 0 Å². The molecule has 1 aromatic rings. The predicted octanol–water partition coefficient (Wildman–Crippen LogP) is 5.24. The summed E-state index contributed by atoms with van der Waals surface area (Å²) in [5, 5.41) is 0.725. The molecule has 2 radical (unpaired) electrons. The summed E-state index contributed by atoms with van der Waals surface area (Å²) in [6, 6.07) is 6.67. The molecule has 0 saturated carbocycles. The van der Waals surface area contributed by atoms with E-state index in [0.717, 1.165) is 0 Å². The van der Waals surface area contributed by atoms with Crippen LogP contribution in [0.4, 0.5) is 13.2 Å². The predicted molar refractivity (Wildman–Crippen MR) is 79.4 cm³/mol. The average Bonchev–Trinajstić information content (AvgIpc) is 2.24. The van der Waals surface area contributed by atoms with Crippen LogP contribution in [0.3, 0.4) is 0 Å². The highest BCUT2D eigenvalue weighted by atomic mass is 35.5. The maximum absolute atomic E-state index is 13.3. The van der Waals surface area contributed by atoms with Crippen LogP contribution in [0.5, 0.6) is 0 Å². The second-order valence-electron chi connectivity index (χ2n) is 4.75. The summed E-state index contributed by atoms with van der Waals surface area (Å²) in [5.41, 5.74) is 0.654. The van der Waals surface area contributed by atoms with Crippen LogP contribution in [-0.2, 0) is 0 Å². The zero-order valence-electron chi connectivity index (χ0n) is 11.3. The molecule has 0 aliphatic rings. The summed E-state index contributed by atoms with van der Waals surface area (Å²) >= 11 is 5.80. The van der Waals surface area contributed by atoms with Crippen molar-refractivity contribution in [3.8, 4) is 0 Å². The Morgan fingerprint density at radius 1 is 0.947 bits per heavy atom. The molecule has 1 aromatic carbocycles. The number of halogens is 4. The van der Waals surface area contributed by atoms with Gasteiger partial charge in [-0.05, 0) is 17.7 Å². The number of rotatable bonds is 3. The second kappa shape index (κ2) is 6.28. The molecule has 0 fully saturated rings. The van der Waals surface area contributed by atoms with E-state index in [2.05, 4.69) is 0 Å². The van der Waals surface area contributed by atoms with Crippen molar-refractivity contribution in [1.29, 1.82) is 0 Å². The van der Waals surface area contributed by atoms with Gasteiger partial charge < -0.3 is 0 Å². The molecule has 0 aromatic heterocycles. The Balaban J connectivity index is 3.51. The molecule has 0 heterocycles. The molecule has 0 atom stereocenters. The van der Waals surface area contributed by atoms with E-state index in [-0.39, 0.29) is 5.20 Å². The third-order valence-corrected chi connectivity index (χ3v) is 6.24. The minimum Gasteiger partial charge on any atom is -0.167 e. The van der Waals surface area contributed by atoms with Crippen LogP contribution in [0.25, 0.3) is 5.20 Å². The summed E-state index contributed by atoms with van der Waals surface area (Å²) in [6.45, 7) is 7.17. The van der Waals surface area contributed by atoms with Crippen LogP contribution >= 0.6 is 11.6 Å². The van der Waals surface area contributed by atoms with Crippen molar-refractivity contribution in [2.24, 2.45) is 0 Å². The summed E-state index contributed by atoms with van der Waals surface area (Å²) < 4.78 is 39.9. The maximum Gasteiger partial charge on any atom is 0.408 e. The van der Waals surface area contributed by atoms with E-state index in [0.29, 0.717) is 15.8 Å². The maximum atomic E-state index is 13.3. The SMILES string of the molecule is C[Si](C)/C(=C(\[Si](C)C)C(F)(F)F)c1ccc(Cl)cc1. The van der Waals surface area contributed by atoms with E-state index in [4.69, 9.17) is 11.6 Å². The van der Waals surface area contributed by atoms with Gasteiger partial charge in [0.25, 0.3) is 0 Å². The molecule has 0 nitrogen and oxygen atoms in total. The molecule has 0 aliphatic carbocycles. The molecule has 0 amide bonds. The fraction of sp³-hybridized carbons (Fsp3) is 0.385. The summed E-state index contributed by atoms with van der Waals surface area (Å²) in [6.07, 6.45) is -4.24. The van der Waals surface area contributed by atoms with Gasteiger partial charge >= 0.3 is 6.18 Å². The summed E-state index contributed by atoms with van der Waals surface area (Å²) in [5.74, 6) is 0. The van der Waals surface area contributed by atoms with Gasteiger partial charge in [0.1, 0.15) is 0 Å². The monoisotopic (exact) mass is 320 g/mol. The number of benzene rings is 1. The lowest BCUT2D eigenvalue weighted by Gasteiger charge is -2.22. The quantitative estimate of drug-likeness (QED) is 0.668. The van der Waals surface area contributed by atoms with Gasteiger partial charge in [0, 0.05) is 10.2 Å². The molecule has 0 bridgehead atoms. The molecule has 1 rings (SSSR count). The lowest BCUT2D eigenvalue weighted by Crippen LogP contribution is -2.27. The van der Waals surface area contributed by atoms with Crippen molar-refractivity contribution < 1.29 is 13.2 Å². The second-order valence-corrected chi connectivity index (χ2v) is 10.2. The molecule has 0 spiro atoms. The fourth-order valence-corrected chi connectivity index (χ4v) is 6.20. The van der Waals surface area contributed by atoms with Crippen LogP contribution in [0.15, 0.2) is 29.5 Å². The van der Waals surface area contributed by atoms with E-state index < -0.39 is 23.8 Å². The molecule has 0 N–H and O–H groups in total. The van der Waals surface area contributed by atoms with Crippen LogP contribution in [0, 0.1) is 0 Å². The van der Waals surface area contributed by atoms with Crippen LogP contribution in [0.2, 0.25) is 31.2 Å². The van der Waals surface area contributed by atoms with Gasteiger partial charge in [-0.15, -0.1) is 0 Å². The first-order valence-electron chi connectivity index (χ1n) is 5.83. The van der Waals surface area contributed by atoms with Gasteiger partial charge in [-0.25, -0.2) is 0 Å². The minimum atomic E-state index is -4.24. The molecule has 0 saturated heterocycles. The normalized spacial score (nSPS) is 14.0. The van der Waals surface area contributed by atoms with Gasteiger partial charge in [-0.3, -0.25) is 0 Å². The zero-order valence-corrected chi connectivity index (χ0v) is 14.1. The van der Waals surface area contributed by atoms with Gasteiger partial charge in [0.15, 0.2) is 0 Å². The summed E-state index contributed by atoms with van der Waals surface area (Å²) in [4.78, 5) is 0. The lowest BCUT2D eigenvalue weighted by atomic mass is 10.2. The Morgan fingerprint density at radius 3 is 1.74 bits per heavy atom. The molecule has 0 aliphatic heterocycles. The molecule has 104 valence electrons. The van der Waals surface area contributed by atoms with Gasteiger partial charge in [0.05, 0.1) is 17.6 Å². The highest BCUT2D eigenvalue weighted by molar-refractivity contribution is 6.81. The van der Waals surface area contributed by atoms with Crippen LogP contribution < -0.4 is 0 Å². The van der Waals surface area contributed by atoms with Crippen molar-refractivity contribution >= 4 is 34.4 Å². The first-order chi connectivity index (χ1) is 8.64. The van der Waals surface area contributed by atoms with E-state index in [9.17, 15) is 13.2 Å². The lowest BCUT2D eigenvalue weighted by molar-refractivity contribution is -0.0845. The van der Waals surface area contributed by atoms with Gasteiger partial charge in [0.2, 0.25) is 0 Å².